The highest BCUT2D eigenvalue weighted by atomic mass is 32.2. The molecule has 27 heavy (non-hydrogen) atoms. The number of fused-ring (bicyclic) bond motifs is 2. The molecule has 1 aromatic carbocycles. The van der Waals surface area contributed by atoms with Gasteiger partial charge in [0.25, 0.3) is 5.78 Å². The van der Waals surface area contributed by atoms with Crippen LogP contribution in [0.3, 0.4) is 0 Å². The van der Waals surface area contributed by atoms with E-state index in [4.69, 9.17) is 0 Å². The molecule has 2 aromatic heterocycles. The predicted molar refractivity (Wildman–Crippen MR) is 108 cm³/mol. The first-order chi connectivity index (χ1) is 13.0. The molecule has 3 aromatic rings. The van der Waals surface area contributed by atoms with Crippen LogP contribution in [0.2, 0.25) is 0 Å². The summed E-state index contributed by atoms with van der Waals surface area (Å²) >= 11 is 1.62. The van der Waals surface area contributed by atoms with Gasteiger partial charge in [-0.3, -0.25) is 4.79 Å². The van der Waals surface area contributed by atoms with Crippen molar-refractivity contribution in [1.82, 2.24) is 19.6 Å². The van der Waals surface area contributed by atoms with Crippen molar-refractivity contribution in [1.29, 1.82) is 0 Å². The fourth-order valence-corrected chi connectivity index (χ4v) is 4.19. The van der Waals surface area contributed by atoms with Crippen molar-refractivity contribution in [3.8, 4) is 0 Å². The van der Waals surface area contributed by atoms with E-state index in [2.05, 4.69) is 60.1 Å². The van der Waals surface area contributed by atoms with Gasteiger partial charge in [0.1, 0.15) is 0 Å². The molecule has 0 fully saturated rings. The lowest BCUT2D eigenvalue weighted by Gasteiger charge is -2.23. The highest BCUT2D eigenvalue weighted by Gasteiger charge is 2.28. The zero-order valence-corrected chi connectivity index (χ0v) is 16.8. The van der Waals surface area contributed by atoms with E-state index in [0.29, 0.717) is 23.7 Å². The normalized spacial score (nSPS) is 16.9. The fraction of sp³-hybridized carbons (Fsp3) is 0.429. The van der Waals surface area contributed by atoms with Crippen LogP contribution < -0.4 is 0 Å². The molecule has 5 nitrogen and oxygen atoms in total. The lowest BCUT2D eigenvalue weighted by atomic mass is 9.81. The molecule has 0 radical (unpaired) electrons. The van der Waals surface area contributed by atoms with Crippen molar-refractivity contribution in [3.63, 3.8) is 0 Å². The highest BCUT2D eigenvalue weighted by molar-refractivity contribution is 7.99. The molecule has 2 heterocycles. The van der Waals surface area contributed by atoms with Crippen LogP contribution in [0.15, 0.2) is 35.6 Å². The molecular formula is C21H24N4OS. The third-order valence-electron chi connectivity index (χ3n) is 5.07. The number of rotatable bonds is 5. The van der Waals surface area contributed by atoms with Crippen LogP contribution in [0.25, 0.3) is 5.78 Å². The molecule has 1 aliphatic carbocycles. The molecule has 4 rings (SSSR count). The second kappa shape index (κ2) is 7.43. The third-order valence-corrected chi connectivity index (χ3v) is 6.12. The van der Waals surface area contributed by atoms with Gasteiger partial charge in [-0.05, 0) is 35.8 Å². The van der Waals surface area contributed by atoms with E-state index in [9.17, 15) is 4.79 Å². The SMILES string of the molecule is CCCSc1nc2nc3c(cn2n1)C(=O)C[C@H](c1ccc(C(C)C)cc1)C3. The number of nitrogens with zero attached hydrogens (tertiary/aromatic N) is 4. The maximum atomic E-state index is 12.8. The highest BCUT2D eigenvalue weighted by Crippen LogP contribution is 2.32. The van der Waals surface area contributed by atoms with Gasteiger partial charge in [0.15, 0.2) is 5.78 Å². The van der Waals surface area contributed by atoms with Crippen LogP contribution >= 0.6 is 11.8 Å². The van der Waals surface area contributed by atoms with E-state index in [-0.39, 0.29) is 11.7 Å². The van der Waals surface area contributed by atoms with E-state index in [0.717, 1.165) is 29.4 Å². The van der Waals surface area contributed by atoms with Crippen LogP contribution in [0.5, 0.6) is 0 Å². The maximum Gasteiger partial charge on any atom is 0.253 e. The van der Waals surface area contributed by atoms with E-state index in [1.807, 2.05) is 0 Å². The Labute approximate surface area is 163 Å². The van der Waals surface area contributed by atoms with E-state index >= 15 is 0 Å². The number of benzene rings is 1. The van der Waals surface area contributed by atoms with E-state index < -0.39 is 0 Å². The molecule has 6 heteroatoms. The largest absolute Gasteiger partial charge is 0.294 e. The molecule has 0 spiro atoms. The quantitative estimate of drug-likeness (QED) is 0.602. The first kappa shape index (κ1) is 18.2. The standard InChI is InChI=1S/C21H24N4OS/c1-4-9-27-21-23-20-22-18-10-16(11-19(26)17(18)12-25(20)24-21)15-7-5-14(6-8-15)13(2)3/h5-8,12-13,16H,4,9-11H2,1-3H3/t16-/m1/s1. The summed E-state index contributed by atoms with van der Waals surface area (Å²) in [6.45, 7) is 6.51. The minimum Gasteiger partial charge on any atom is -0.294 e. The Kier molecular flexibility index (Phi) is 5.00. The number of aromatic nitrogens is 4. The lowest BCUT2D eigenvalue weighted by Crippen LogP contribution is -2.21. The first-order valence-corrected chi connectivity index (χ1v) is 10.6. The van der Waals surface area contributed by atoms with Gasteiger partial charge in [0, 0.05) is 18.4 Å². The number of ketones is 1. The van der Waals surface area contributed by atoms with Crippen LogP contribution in [-0.2, 0) is 6.42 Å². The lowest BCUT2D eigenvalue weighted by molar-refractivity contribution is 0.0962. The maximum absolute atomic E-state index is 12.8. The molecule has 140 valence electrons. The third kappa shape index (κ3) is 3.63. The molecule has 0 saturated heterocycles. The molecular weight excluding hydrogens is 356 g/mol. The molecule has 0 aliphatic heterocycles. The fourth-order valence-electron chi connectivity index (χ4n) is 3.51. The molecule has 0 N–H and O–H groups in total. The van der Waals surface area contributed by atoms with Crippen molar-refractivity contribution in [2.45, 2.75) is 57.0 Å². The monoisotopic (exact) mass is 380 g/mol. The van der Waals surface area contributed by atoms with Crippen LogP contribution in [0, 0.1) is 0 Å². The number of carbonyl (C=O) groups is 1. The van der Waals surface area contributed by atoms with E-state index in [1.165, 1.54) is 11.1 Å². The van der Waals surface area contributed by atoms with Crippen molar-refractivity contribution < 1.29 is 4.79 Å². The minimum atomic E-state index is 0.141. The number of hydrogen-bond acceptors (Lipinski definition) is 5. The summed E-state index contributed by atoms with van der Waals surface area (Å²) in [4.78, 5) is 21.9. The summed E-state index contributed by atoms with van der Waals surface area (Å²) in [5.41, 5.74) is 4.06. The Balaban J connectivity index is 1.63. The molecule has 1 aliphatic rings. The van der Waals surface area contributed by atoms with Gasteiger partial charge in [-0.1, -0.05) is 56.8 Å². The topological polar surface area (TPSA) is 60.1 Å². The van der Waals surface area contributed by atoms with Gasteiger partial charge in [-0.15, -0.1) is 5.10 Å². The van der Waals surface area contributed by atoms with Gasteiger partial charge in [-0.25, -0.2) is 9.50 Å². The molecule has 0 amide bonds. The number of thioether (sulfide) groups is 1. The predicted octanol–water partition coefficient (Wildman–Crippen LogP) is 4.66. The van der Waals surface area contributed by atoms with Gasteiger partial charge in [0.2, 0.25) is 5.16 Å². The van der Waals surface area contributed by atoms with Gasteiger partial charge in [0.05, 0.1) is 11.3 Å². The summed E-state index contributed by atoms with van der Waals surface area (Å²) in [7, 11) is 0. The number of carbonyl (C=O) groups excluding carboxylic acids is 1. The Bertz CT molecular complexity index is 978. The molecule has 0 bridgehead atoms. The smallest absolute Gasteiger partial charge is 0.253 e. The Morgan fingerprint density at radius 2 is 1.96 bits per heavy atom. The van der Waals surface area contributed by atoms with Gasteiger partial charge >= 0.3 is 0 Å². The number of hydrogen-bond donors (Lipinski definition) is 0. The van der Waals surface area contributed by atoms with Gasteiger partial charge < -0.3 is 0 Å². The van der Waals surface area contributed by atoms with Crippen molar-refractivity contribution in [2.75, 3.05) is 5.75 Å². The van der Waals surface area contributed by atoms with Crippen molar-refractivity contribution in [3.05, 3.63) is 52.8 Å². The Morgan fingerprint density at radius 3 is 2.67 bits per heavy atom. The van der Waals surface area contributed by atoms with E-state index in [1.54, 1.807) is 22.5 Å². The summed E-state index contributed by atoms with van der Waals surface area (Å²) in [6, 6.07) is 8.67. The Hall–Kier alpha value is -2.21. The second-order valence-electron chi connectivity index (χ2n) is 7.44. The van der Waals surface area contributed by atoms with Gasteiger partial charge in [-0.2, -0.15) is 4.98 Å². The summed E-state index contributed by atoms with van der Waals surface area (Å²) in [5.74, 6) is 2.38. The molecule has 0 saturated carbocycles. The summed E-state index contributed by atoms with van der Waals surface area (Å²) in [6.07, 6.45) is 4.16. The van der Waals surface area contributed by atoms with Crippen LogP contribution in [-0.4, -0.2) is 31.1 Å². The summed E-state index contributed by atoms with van der Waals surface area (Å²) < 4.78 is 1.65. The molecule has 1 atom stereocenters. The number of Topliss-reactive ketones (excluding diaryl/α,β-unsaturated/α-hetero) is 1. The summed E-state index contributed by atoms with van der Waals surface area (Å²) in [5, 5.41) is 5.17. The zero-order valence-electron chi connectivity index (χ0n) is 16.0. The first-order valence-electron chi connectivity index (χ1n) is 9.57. The zero-order chi connectivity index (χ0) is 19.0. The van der Waals surface area contributed by atoms with Crippen molar-refractivity contribution >= 4 is 23.3 Å². The van der Waals surface area contributed by atoms with Crippen LogP contribution in [0.4, 0.5) is 0 Å². The average molecular weight is 381 g/mol. The Morgan fingerprint density at radius 1 is 1.19 bits per heavy atom. The average Bonchev–Trinajstić information content (AvgIpc) is 3.06. The van der Waals surface area contributed by atoms with Crippen molar-refractivity contribution in [2.24, 2.45) is 0 Å². The second-order valence-corrected chi connectivity index (χ2v) is 8.50. The van der Waals surface area contributed by atoms with Crippen LogP contribution in [0.1, 0.15) is 72.6 Å². The minimum absolute atomic E-state index is 0.141. The molecule has 0 unspecified atom stereocenters.